The van der Waals surface area contributed by atoms with E-state index in [1.807, 2.05) is 0 Å². The largest absolute Gasteiger partial charge is 0.480 e. The van der Waals surface area contributed by atoms with Gasteiger partial charge in [0, 0.05) is 0 Å². The molecule has 0 bridgehead atoms. The minimum Gasteiger partial charge on any atom is -0.480 e. The van der Waals surface area contributed by atoms with E-state index in [1.165, 1.54) is 4.90 Å². The molecule has 2 rings (SSSR count). The topological polar surface area (TPSA) is 92.9 Å². The molecule has 3 N–H and O–H groups in total. The van der Waals surface area contributed by atoms with Crippen molar-refractivity contribution in [2.45, 2.75) is 31.2 Å². The average molecular weight is 200 g/mol. The van der Waals surface area contributed by atoms with Crippen LogP contribution in [0.4, 0.5) is 0 Å². The van der Waals surface area contributed by atoms with Gasteiger partial charge in [-0.05, 0) is 12.8 Å². The fourth-order valence-electron chi connectivity index (χ4n) is 1.91. The minimum atomic E-state index is -1.03. The van der Waals surface area contributed by atoms with Gasteiger partial charge in [0.25, 0.3) is 0 Å². The Morgan fingerprint density at radius 3 is 2.93 bits per heavy atom. The van der Waals surface area contributed by atoms with Crippen LogP contribution >= 0.6 is 0 Å². The highest BCUT2D eigenvalue weighted by Crippen LogP contribution is 2.26. The lowest BCUT2D eigenvalue weighted by atomic mass is 10.0. The molecule has 0 saturated carbocycles. The molecule has 78 valence electrons. The van der Waals surface area contributed by atoms with Gasteiger partial charge in [0.2, 0.25) is 5.91 Å². The summed E-state index contributed by atoms with van der Waals surface area (Å²) in [5, 5.41) is 8.84. The SMILES string of the molecule is N[C@@H]1CC[C@@H]2OC[C@@H](C(=O)O)N2C1=O. The van der Waals surface area contributed by atoms with Gasteiger partial charge >= 0.3 is 5.97 Å². The Bertz CT molecular complexity index is 281. The quantitative estimate of drug-likeness (QED) is 0.551. The summed E-state index contributed by atoms with van der Waals surface area (Å²) < 4.78 is 5.22. The molecule has 0 aromatic heterocycles. The Labute approximate surface area is 80.6 Å². The summed E-state index contributed by atoms with van der Waals surface area (Å²) in [7, 11) is 0. The van der Waals surface area contributed by atoms with E-state index in [9.17, 15) is 9.59 Å². The number of carbonyl (C=O) groups excluding carboxylic acids is 1. The van der Waals surface area contributed by atoms with Gasteiger partial charge in [-0.15, -0.1) is 0 Å². The Morgan fingerprint density at radius 2 is 2.29 bits per heavy atom. The van der Waals surface area contributed by atoms with Crippen molar-refractivity contribution < 1.29 is 19.4 Å². The summed E-state index contributed by atoms with van der Waals surface area (Å²) >= 11 is 0. The second-order valence-corrected chi connectivity index (χ2v) is 3.57. The van der Waals surface area contributed by atoms with Crippen LogP contribution < -0.4 is 5.73 Å². The molecule has 2 aliphatic heterocycles. The molecular formula is C8H12N2O4. The first-order valence-electron chi connectivity index (χ1n) is 4.53. The van der Waals surface area contributed by atoms with E-state index < -0.39 is 18.1 Å². The van der Waals surface area contributed by atoms with Crippen LogP contribution in [0, 0.1) is 0 Å². The number of carboxylic acids is 1. The molecule has 14 heavy (non-hydrogen) atoms. The summed E-state index contributed by atoms with van der Waals surface area (Å²) in [6.45, 7) is 0.0679. The Hall–Kier alpha value is -1.14. The monoisotopic (exact) mass is 200 g/mol. The lowest BCUT2D eigenvalue weighted by Crippen LogP contribution is -2.55. The number of carbonyl (C=O) groups is 2. The highest BCUT2D eigenvalue weighted by Gasteiger charge is 2.46. The van der Waals surface area contributed by atoms with E-state index >= 15 is 0 Å². The Kier molecular flexibility index (Phi) is 2.16. The molecule has 1 amide bonds. The number of carboxylic acid groups (broad SMARTS) is 1. The van der Waals surface area contributed by atoms with Crippen molar-refractivity contribution in [2.75, 3.05) is 6.61 Å². The van der Waals surface area contributed by atoms with Crippen molar-refractivity contribution >= 4 is 11.9 Å². The number of fused-ring (bicyclic) bond motifs is 1. The molecule has 2 saturated heterocycles. The zero-order valence-electron chi connectivity index (χ0n) is 7.55. The predicted octanol–water partition coefficient (Wildman–Crippen LogP) is -1.25. The lowest BCUT2D eigenvalue weighted by molar-refractivity contribution is -0.153. The summed E-state index contributed by atoms with van der Waals surface area (Å²) in [6.07, 6.45) is 0.798. The third kappa shape index (κ3) is 1.27. The van der Waals surface area contributed by atoms with Gasteiger partial charge in [0.05, 0.1) is 12.6 Å². The van der Waals surface area contributed by atoms with Gasteiger partial charge < -0.3 is 15.6 Å². The molecule has 0 spiro atoms. The first-order chi connectivity index (χ1) is 6.61. The van der Waals surface area contributed by atoms with Crippen LogP contribution in [0.2, 0.25) is 0 Å². The van der Waals surface area contributed by atoms with Crippen LogP contribution in [-0.2, 0) is 14.3 Å². The molecule has 3 atom stereocenters. The number of amides is 1. The third-order valence-electron chi connectivity index (χ3n) is 2.67. The van der Waals surface area contributed by atoms with Crippen LogP contribution in [0.25, 0.3) is 0 Å². The average Bonchev–Trinajstić information content (AvgIpc) is 2.55. The molecule has 2 fully saturated rings. The fourth-order valence-corrected chi connectivity index (χ4v) is 1.91. The first kappa shape index (κ1) is 9.42. The first-order valence-corrected chi connectivity index (χ1v) is 4.53. The van der Waals surface area contributed by atoms with Crippen molar-refractivity contribution in [1.29, 1.82) is 0 Å². The maximum atomic E-state index is 11.6. The highest BCUT2D eigenvalue weighted by molar-refractivity contribution is 5.88. The van der Waals surface area contributed by atoms with Crippen molar-refractivity contribution in [3.63, 3.8) is 0 Å². The lowest BCUT2D eigenvalue weighted by Gasteiger charge is -2.33. The van der Waals surface area contributed by atoms with Gasteiger partial charge in [0.1, 0.15) is 6.23 Å². The van der Waals surface area contributed by atoms with Gasteiger partial charge in [-0.2, -0.15) is 0 Å². The van der Waals surface area contributed by atoms with Gasteiger partial charge in [-0.3, -0.25) is 9.69 Å². The second-order valence-electron chi connectivity index (χ2n) is 3.57. The molecule has 2 heterocycles. The van der Waals surface area contributed by atoms with Gasteiger partial charge in [-0.25, -0.2) is 4.79 Å². The summed E-state index contributed by atoms with van der Waals surface area (Å²) in [5.74, 6) is -1.35. The fraction of sp³-hybridized carbons (Fsp3) is 0.750. The highest BCUT2D eigenvalue weighted by atomic mass is 16.5. The molecule has 6 heteroatoms. The Balaban J connectivity index is 2.20. The normalized spacial score (nSPS) is 37.1. The van der Waals surface area contributed by atoms with E-state index in [0.29, 0.717) is 12.8 Å². The standard InChI is InChI=1S/C8H12N2O4/c9-4-1-2-6-10(7(4)11)5(3-14-6)8(12)13/h4-6H,1-3,9H2,(H,12,13)/t4-,5+,6+/m1/s1. The minimum absolute atomic E-state index is 0.0679. The zero-order valence-corrected chi connectivity index (χ0v) is 7.55. The predicted molar refractivity (Wildman–Crippen MR) is 45.2 cm³/mol. The van der Waals surface area contributed by atoms with Crippen molar-refractivity contribution in [3.8, 4) is 0 Å². The van der Waals surface area contributed by atoms with Crippen LogP contribution in [0.15, 0.2) is 0 Å². The number of hydrogen-bond donors (Lipinski definition) is 2. The number of nitrogens with zero attached hydrogens (tertiary/aromatic N) is 1. The summed E-state index contributed by atoms with van der Waals surface area (Å²) in [4.78, 5) is 23.6. The van der Waals surface area contributed by atoms with E-state index in [1.54, 1.807) is 0 Å². The van der Waals surface area contributed by atoms with Crippen LogP contribution in [0.1, 0.15) is 12.8 Å². The Morgan fingerprint density at radius 1 is 1.57 bits per heavy atom. The molecule has 6 nitrogen and oxygen atoms in total. The number of nitrogens with two attached hydrogens (primary N) is 1. The molecule has 0 aromatic rings. The summed E-state index contributed by atoms with van der Waals surface area (Å²) in [5.41, 5.74) is 5.56. The number of aliphatic carboxylic acids is 1. The van der Waals surface area contributed by atoms with E-state index in [2.05, 4.69) is 0 Å². The maximum Gasteiger partial charge on any atom is 0.328 e. The molecular weight excluding hydrogens is 188 g/mol. The van der Waals surface area contributed by atoms with Crippen LogP contribution in [-0.4, -0.2) is 46.8 Å². The van der Waals surface area contributed by atoms with Crippen LogP contribution in [0.5, 0.6) is 0 Å². The summed E-state index contributed by atoms with van der Waals surface area (Å²) in [6, 6.07) is -1.44. The molecule has 0 aliphatic carbocycles. The van der Waals surface area contributed by atoms with Crippen molar-refractivity contribution in [2.24, 2.45) is 5.73 Å². The van der Waals surface area contributed by atoms with Gasteiger partial charge in [0.15, 0.2) is 6.04 Å². The van der Waals surface area contributed by atoms with Crippen molar-refractivity contribution in [1.82, 2.24) is 4.90 Å². The zero-order chi connectivity index (χ0) is 10.3. The molecule has 2 aliphatic rings. The van der Waals surface area contributed by atoms with Crippen LogP contribution in [0.3, 0.4) is 0 Å². The molecule has 0 aromatic carbocycles. The van der Waals surface area contributed by atoms with Gasteiger partial charge in [-0.1, -0.05) is 0 Å². The van der Waals surface area contributed by atoms with E-state index in [4.69, 9.17) is 15.6 Å². The van der Waals surface area contributed by atoms with Crippen molar-refractivity contribution in [3.05, 3.63) is 0 Å². The number of ether oxygens (including phenoxy) is 1. The number of hydrogen-bond acceptors (Lipinski definition) is 4. The molecule has 0 radical (unpaired) electrons. The third-order valence-corrected chi connectivity index (χ3v) is 2.67. The molecule has 0 unspecified atom stereocenters. The van der Waals surface area contributed by atoms with E-state index in [0.717, 1.165) is 0 Å². The number of rotatable bonds is 1. The van der Waals surface area contributed by atoms with E-state index in [-0.39, 0.29) is 18.7 Å². The second kappa shape index (κ2) is 3.21. The number of piperidine rings is 1. The maximum absolute atomic E-state index is 11.6. The smallest absolute Gasteiger partial charge is 0.328 e.